The molecule has 1 aliphatic rings. The minimum Gasteiger partial charge on any atom is -0.496 e. The molecule has 0 aromatic heterocycles. The number of nitrogens with zero attached hydrogens (tertiary/aromatic N) is 1. The Kier molecular flexibility index (Phi) is 5.28. The van der Waals surface area contributed by atoms with E-state index in [2.05, 4.69) is 63.2 Å². The van der Waals surface area contributed by atoms with Gasteiger partial charge in [0.15, 0.2) is 0 Å². The number of rotatable bonds is 4. The second-order valence-electron chi connectivity index (χ2n) is 6.74. The number of aryl methyl sites for hydroxylation is 1. The molecule has 0 amide bonds. The van der Waals surface area contributed by atoms with Crippen LogP contribution in [0.3, 0.4) is 0 Å². The molecular formula is C18H30N2O. The highest BCUT2D eigenvalue weighted by Gasteiger charge is 2.30. The molecular weight excluding hydrogens is 260 g/mol. The van der Waals surface area contributed by atoms with Crippen LogP contribution in [0.1, 0.15) is 44.4 Å². The normalized spacial score (nSPS) is 28.4. The highest BCUT2D eigenvalue weighted by molar-refractivity contribution is 5.38. The number of hydrogen-bond acceptors (Lipinski definition) is 3. The van der Waals surface area contributed by atoms with Crippen LogP contribution < -0.4 is 10.1 Å². The summed E-state index contributed by atoms with van der Waals surface area (Å²) in [4.78, 5) is 2.46. The third kappa shape index (κ3) is 3.78. The largest absolute Gasteiger partial charge is 0.496 e. The Balaban J connectivity index is 2.10. The first-order valence-corrected chi connectivity index (χ1v) is 8.03. The molecule has 4 atom stereocenters. The summed E-state index contributed by atoms with van der Waals surface area (Å²) in [5, 5.41) is 3.83. The molecule has 0 bridgehead atoms. The molecule has 2 rings (SSSR count). The van der Waals surface area contributed by atoms with Gasteiger partial charge in [-0.15, -0.1) is 0 Å². The van der Waals surface area contributed by atoms with Gasteiger partial charge in [-0.3, -0.25) is 0 Å². The quantitative estimate of drug-likeness (QED) is 0.920. The van der Waals surface area contributed by atoms with Crippen LogP contribution in [-0.4, -0.2) is 37.7 Å². The minimum atomic E-state index is 0.308. The molecule has 4 unspecified atom stereocenters. The summed E-state index contributed by atoms with van der Waals surface area (Å²) in [5.41, 5.74) is 2.54. The zero-order valence-electron chi connectivity index (χ0n) is 14.3. The molecule has 21 heavy (non-hydrogen) atoms. The highest BCUT2D eigenvalue weighted by Crippen LogP contribution is 2.29. The molecule has 0 radical (unpaired) electrons. The lowest BCUT2D eigenvalue weighted by atomic mass is 9.88. The predicted octanol–water partition coefficient (Wildman–Crippen LogP) is 3.38. The van der Waals surface area contributed by atoms with E-state index in [1.54, 1.807) is 7.11 Å². The summed E-state index contributed by atoms with van der Waals surface area (Å²) in [6.07, 6.45) is 1.20. The maximum Gasteiger partial charge on any atom is 0.123 e. The van der Waals surface area contributed by atoms with Crippen molar-refractivity contribution in [2.45, 2.75) is 52.2 Å². The van der Waals surface area contributed by atoms with Crippen LogP contribution in [0.4, 0.5) is 0 Å². The van der Waals surface area contributed by atoms with Crippen LogP contribution >= 0.6 is 0 Å². The van der Waals surface area contributed by atoms with Crippen molar-refractivity contribution in [3.8, 4) is 5.75 Å². The molecule has 1 fully saturated rings. The Morgan fingerprint density at radius 2 is 2.05 bits per heavy atom. The summed E-state index contributed by atoms with van der Waals surface area (Å²) >= 11 is 0. The standard InChI is InChI=1S/C18H30N2O/c1-12-7-8-18(21-6)16(9-12)15(4)19-17-10-14(3)20(5)11-13(17)2/h7-9,13-15,17,19H,10-11H2,1-6H3. The topological polar surface area (TPSA) is 24.5 Å². The van der Waals surface area contributed by atoms with Gasteiger partial charge >= 0.3 is 0 Å². The van der Waals surface area contributed by atoms with Crippen molar-refractivity contribution >= 4 is 0 Å². The maximum atomic E-state index is 5.53. The van der Waals surface area contributed by atoms with Crippen LogP contribution in [0.25, 0.3) is 0 Å². The third-order valence-corrected chi connectivity index (χ3v) is 4.93. The van der Waals surface area contributed by atoms with E-state index < -0.39 is 0 Å². The molecule has 1 heterocycles. The smallest absolute Gasteiger partial charge is 0.123 e. The molecule has 0 saturated carbocycles. The van der Waals surface area contributed by atoms with Crippen LogP contribution in [-0.2, 0) is 0 Å². The van der Waals surface area contributed by atoms with E-state index in [9.17, 15) is 0 Å². The van der Waals surface area contributed by atoms with Crippen molar-refractivity contribution < 1.29 is 4.74 Å². The highest BCUT2D eigenvalue weighted by atomic mass is 16.5. The van der Waals surface area contributed by atoms with E-state index in [1.165, 1.54) is 17.5 Å². The second kappa shape index (κ2) is 6.80. The number of benzene rings is 1. The van der Waals surface area contributed by atoms with Gasteiger partial charge in [0.25, 0.3) is 0 Å². The first-order valence-electron chi connectivity index (χ1n) is 8.03. The molecule has 1 saturated heterocycles. The van der Waals surface area contributed by atoms with Gasteiger partial charge in [-0.2, -0.15) is 0 Å². The number of methoxy groups -OCH3 is 1. The van der Waals surface area contributed by atoms with Crippen LogP contribution in [0.2, 0.25) is 0 Å². The fourth-order valence-electron chi connectivity index (χ4n) is 3.38. The fraction of sp³-hybridized carbons (Fsp3) is 0.667. The third-order valence-electron chi connectivity index (χ3n) is 4.93. The Morgan fingerprint density at radius 1 is 1.33 bits per heavy atom. The van der Waals surface area contributed by atoms with Crippen molar-refractivity contribution in [1.29, 1.82) is 0 Å². The summed E-state index contributed by atoms with van der Waals surface area (Å²) in [5.74, 6) is 1.65. The Bertz CT molecular complexity index is 474. The van der Waals surface area contributed by atoms with Crippen molar-refractivity contribution in [2.24, 2.45) is 5.92 Å². The Morgan fingerprint density at radius 3 is 2.71 bits per heavy atom. The van der Waals surface area contributed by atoms with E-state index in [0.717, 1.165) is 12.3 Å². The fourth-order valence-corrected chi connectivity index (χ4v) is 3.38. The van der Waals surface area contributed by atoms with Gasteiger partial charge in [0.1, 0.15) is 5.75 Å². The number of ether oxygens (including phenoxy) is 1. The lowest BCUT2D eigenvalue weighted by molar-refractivity contribution is 0.116. The molecule has 3 nitrogen and oxygen atoms in total. The zero-order chi connectivity index (χ0) is 15.6. The Hall–Kier alpha value is -1.06. The summed E-state index contributed by atoms with van der Waals surface area (Å²) in [6, 6.07) is 7.93. The summed E-state index contributed by atoms with van der Waals surface area (Å²) in [7, 11) is 3.98. The van der Waals surface area contributed by atoms with E-state index in [-0.39, 0.29) is 0 Å². The van der Waals surface area contributed by atoms with Crippen molar-refractivity contribution in [3.63, 3.8) is 0 Å². The average molecular weight is 290 g/mol. The Labute approximate surface area is 129 Å². The lowest BCUT2D eigenvalue weighted by Gasteiger charge is -2.41. The van der Waals surface area contributed by atoms with Gasteiger partial charge < -0.3 is 15.0 Å². The number of nitrogens with one attached hydrogen (secondary N) is 1. The van der Waals surface area contributed by atoms with Gasteiger partial charge in [0, 0.05) is 30.2 Å². The molecule has 1 aliphatic heterocycles. The van der Waals surface area contributed by atoms with E-state index in [1.807, 2.05) is 0 Å². The monoisotopic (exact) mass is 290 g/mol. The molecule has 1 aromatic rings. The van der Waals surface area contributed by atoms with Gasteiger partial charge in [0.2, 0.25) is 0 Å². The number of hydrogen-bond donors (Lipinski definition) is 1. The molecule has 1 N–H and O–H groups in total. The molecule has 0 aliphatic carbocycles. The zero-order valence-corrected chi connectivity index (χ0v) is 14.3. The van der Waals surface area contributed by atoms with E-state index in [4.69, 9.17) is 4.74 Å². The SMILES string of the molecule is COc1ccc(C)cc1C(C)NC1CC(C)N(C)CC1C. The lowest BCUT2D eigenvalue weighted by Crippen LogP contribution is -2.51. The number of piperidine rings is 1. The van der Waals surface area contributed by atoms with Crippen LogP contribution in [0, 0.1) is 12.8 Å². The second-order valence-corrected chi connectivity index (χ2v) is 6.74. The van der Waals surface area contributed by atoms with Gasteiger partial charge in [0.05, 0.1) is 7.11 Å². The first-order chi connectivity index (χ1) is 9.92. The summed E-state index contributed by atoms with van der Waals surface area (Å²) in [6.45, 7) is 10.2. The molecule has 0 spiro atoms. The molecule has 118 valence electrons. The number of likely N-dealkylation sites (tertiary alicyclic amines) is 1. The average Bonchev–Trinajstić information content (AvgIpc) is 2.44. The van der Waals surface area contributed by atoms with Gasteiger partial charge in [-0.05, 0) is 46.2 Å². The van der Waals surface area contributed by atoms with Crippen LogP contribution in [0.5, 0.6) is 5.75 Å². The first kappa shape index (κ1) is 16.3. The van der Waals surface area contributed by atoms with E-state index in [0.29, 0.717) is 24.0 Å². The van der Waals surface area contributed by atoms with Gasteiger partial charge in [-0.1, -0.05) is 24.6 Å². The van der Waals surface area contributed by atoms with Crippen molar-refractivity contribution in [3.05, 3.63) is 29.3 Å². The molecule has 1 aromatic carbocycles. The summed E-state index contributed by atoms with van der Waals surface area (Å²) < 4.78 is 5.53. The molecule has 3 heteroatoms. The van der Waals surface area contributed by atoms with Crippen molar-refractivity contribution in [2.75, 3.05) is 20.7 Å². The maximum absolute atomic E-state index is 5.53. The van der Waals surface area contributed by atoms with Crippen LogP contribution in [0.15, 0.2) is 18.2 Å². The van der Waals surface area contributed by atoms with E-state index >= 15 is 0 Å². The predicted molar refractivity (Wildman–Crippen MR) is 88.9 cm³/mol. The van der Waals surface area contributed by atoms with Gasteiger partial charge in [-0.25, -0.2) is 0 Å². The van der Waals surface area contributed by atoms with Crippen molar-refractivity contribution in [1.82, 2.24) is 10.2 Å². The minimum absolute atomic E-state index is 0.308.